The van der Waals surface area contributed by atoms with Crippen LogP contribution in [0.4, 0.5) is 0 Å². The predicted molar refractivity (Wildman–Crippen MR) is 80.8 cm³/mol. The monoisotopic (exact) mass is 270 g/mol. The van der Waals surface area contributed by atoms with Crippen molar-refractivity contribution in [1.29, 1.82) is 0 Å². The lowest BCUT2D eigenvalue weighted by molar-refractivity contribution is -0.693. The SMILES string of the molecule is CC[n+]1ccc(/C=C/c2ccc(OC)c(OC)c2)cc1. The van der Waals surface area contributed by atoms with Gasteiger partial charge in [0.25, 0.3) is 0 Å². The van der Waals surface area contributed by atoms with Crippen LogP contribution in [0, 0.1) is 0 Å². The molecule has 0 aliphatic carbocycles. The Morgan fingerprint density at radius 3 is 2.15 bits per heavy atom. The van der Waals surface area contributed by atoms with E-state index in [1.807, 2.05) is 18.2 Å². The van der Waals surface area contributed by atoms with Crippen molar-refractivity contribution < 1.29 is 14.0 Å². The summed E-state index contributed by atoms with van der Waals surface area (Å²) < 4.78 is 12.7. The molecule has 0 atom stereocenters. The maximum atomic E-state index is 5.30. The second kappa shape index (κ2) is 6.75. The van der Waals surface area contributed by atoms with Crippen molar-refractivity contribution in [3.63, 3.8) is 0 Å². The Kier molecular flexibility index (Phi) is 4.77. The lowest BCUT2D eigenvalue weighted by atomic mass is 10.1. The van der Waals surface area contributed by atoms with Gasteiger partial charge in [0.15, 0.2) is 23.9 Å². The van der Waals surface area contributed by atoms with Crippen molar-refractivity contribution in [3.05, 3.63) is 53.9 Å². The molecule has 1 heterocycles. The number of aromatic nitrogens is 1. The highest BCUT2D eigenvalue weighted by molar-refractivity contribution is 5.70. The zero-order valence-corrected chi connectivity index (χ0v) is 12.2. The fourth-order valence-electron chi connectivity index (χ4n) is 1.94. The van der Waals surface area contributed by atoms with E-state index >= 15 is 0 Å². The summed E-state index contributed by atoms with van der Waals surface area (Å²) in [5.74, 6) is 1.49. The second-order valence-electron chi connectivity index (χ2n) is 4.41. The summed E-state index contributed by atoms with van der Waals surface area (Å²) in [6.45, 7) is 3.11. The molecular weight excluding hydrogens is 250 g/mol. The van der Waals surface area contributed by atoms with Gasteiger partial charge in [0, 0.05) is 12.1 Å². The third-order valence-electron chi connectivity index (χ3n) is 3.16. The summed E-state index contributed by atoms with van der Waals surface area (Å²) >= 11 is 0. The van der Waals surface area contributed by atoms with E-state index in [0.29, 0.717) is 0 Å². The molecule has 1 aromatic heterocycles. The molecule has 0 aliphatic rings. The molecule has 20 heavy (non-hydrogen) atoms. The molecule has 0 saturated heterocycles. The summed E-state index contributed by atoms with van der Waals surface area (Å²) in [6.07, 6.45) is 8.30. The van der Waals surface area contributed by atoms with Gasteiger partial charge in [-0.3, -0.25) is 0 Å². The summed E-state index contributed by atoms with van der Waals surface area (Å²) in [5.41, 5.74) is 2.25. The zero-order chi connectivity index (χ0) is 14.4. The first-order chi connectivity index (χ1) is 9.76. The largest absolute Gasteiger partial charge is 0.493 e. The second-order valence-corrected chi connectivity index (χ2v) is 4.41. The van der Waals surface area contributed by atoms with Gasteiger partial charge in [-0.25, -0.2) is 4.57 Å². The van der Waals surface area contributed by atoms with Crippen molar-refractivity contribution in [2.75, 3.05) is 14.2 Å². The maximum absolute atomic E-state index is 5.30. The molecule has 104 valence electrons. The number of ether oxygens (including phenoxy) is 2. The highest BCUT2D eigenvalue weighted by Crippen LogP contribution is 2.28. The number of hydrogen-bond donors (Lipinski definition) is 0. The van der Waals surface area contributed by atoms with Gasteiger partial charge in [0.05, 0.1) is 14.2 Å². The van der Waals surface area contributed by atoms with E-state index in [1.54, 1.807) is 14.2 Å². The topological polar surface area (TPSA) is 22.3 Å². The minimum absolute atomic E-state index is 0.742. The average Bonchev–Trinajstić information content (AvgIpc) is 2.53. The van der Waals surface area contributed by atoms with Gasteiger partial charge in [-0.1, -0.05) is 18.2 Å². The normalized spacial score (nSPS) is 10.8. The Balaban J connectivity index is 2.17. The van der Waals surface area contributed by atoms with Crippen molar-refractivity contribution >= 4 is 12.2 Å². The van der Waals surface area contributed by atoms with Crippen LogP contribution in [0.1, 0.15) is 18.1 Å². The van der Waals surface area contributed by atoms with E-state index in [2.05, 4.69) is 48.2 Å². The van der Waals surface area contributed by atoms with E-state index in [0.717, 1.165) is 23.6 Å². The summed E-state index contributed by atoms with van der Waals surface area (Å²) in [7, 11) is 3.28. The molecule has 0 unspecified atom stereocenters. The van der Waals surface area contributed by atoms with E-state index in [1.165, 1.54) is 5.56 Å². The molecule has 0 N–H and O–H groups in total. The van der Waals surface area contributed by atoms with Gasteiger partial charge in [-0.15, -0.1) is 0 Å². The zero-order valence-electron chi connectivity index (χ0n) is 12.2. The third-order valence-corrected chi connectivity index (χ3v) is 3.16. The lowest BCUT2D eigenvalue weighted by Gasteiger charge is -2.07. The van der Waals surface area contributed by atoms with E-state index in [9.17, 15) is 0 Å². The molecule has 3 heteroatoms. The van der Waals surface area contributed by atoms with Gasteiger partial charge in [0.1, 0.15) is 6.54 Å². The number of hydrogen-bond acceptors (Lipinski definition) is 2. The van der Waals surface area contributed by atoms with E-state index in [-0.39, 0.29) is 0 Å². The van der Waals surface area contributed by atoms with Crippen molar-refractivity contribution in [1.82, 2.24) is 0 Å². The lowest BCUT2D eigenvalue weighted by Crippen LogP contribution is -2.30. The molecule has 1 aromatic carbocycles. The number of benzene rings is 1. The Morgan fingerprint density at radius 2 is 1.55 bits per heavy atom. The van der Waals surface area contributed by atoms with Crippen LogP contribution in [0.2, 0.25) is 0 Å². The molecule has 0 spiro atoms. The fourth-order valence-corrected chi connectivity index (χ4v) is 1.94. The summed E-state index contributed by atoms with van der Waals surface area (Å²) in [4.78, 5) is 0. The third kappa shape index (κ3) is 3.38. The summed E-state index contributed by atoms with van der Waals surface area (Å²) in [5, 5.41) is 0. The van der Waals surface area contributed by atoms with Gasteiger partial charge in [0.2, 0.25) is 0 Å². The summed E-state index contributed by atoms with van der Waals surface area (Å²) in [6, 6.07) is 10.1. The van der Waals surface area contributed by atoms with Crippen LogP contribution in [0.25, 0.3) is 12.2 Å². The molecule has 2 aromatic rings. The molecule has 0 bridgehead atoms. The standard InChI is InChI=1S/C17H20NO2/c1-4-18-11-9-14(10-12-18)5-6-15-7-8-16(19-2)17(13-15)20-3/h5-13H,4H2,1-3H3/q+1/b6-5+. The van der Waals surface area contributed by atoms with Crippen molar-refractivity contribution in [2.45, 2.75) is 13.5 Å². The van der Waals surface area contributed by atoms with Gasteiger partial charge in [-0.2, -0.15) is 0 Å². The highest BCUT2D eigenvalue weighted by Gasteiger charge is 2.02. The highest BCUT2D eigenvalue weighted by atomic mass is 16.5. The first kappa shape index (κ1) is 14.1. The van der Waals surface area contributed by atoms with Crippen LogP contribution < -0.4 is 14.0 Å². The van der Waals surface area contributed by atoms with Gasteiger partial charge >= 0.3 is 0 Å². The Morgan fingerprint density at radius 1 is 0.900 bits per heavy atom. The number of aryl methyl sites for hydroxylation is 1. The fraction of sp³-hybridized carbons (Fsp3) is 0.235. The minimum Gasteiger partial charge on any atom is -0.493 e. The average molecular weight is 270 g/mol. The molecule has 3 nitrogen and oxygen atoms in total. The van der Waals surface area contributed by atoms with E-state index < -0.39 is 0 Å². The number of rotatable bonds is 5. The van der Waals surface area contributed by atoms with Gasteiger partial charge < -0.3 is 9.47 Å². The molecule has 0 fully saturated rings. The first-order valence-corrected chi connectivity index (χ1v) is 6.66. The molecule has 0 saturated carbocycles. The number of nitrogens with zero attached hydrogens (tertiary/aromatic N) is 1. The van der Waals surface area contributed by atoms with Crippen molar-refractivity contribution in [2.24, 2.45) is 0 Å². The Hall–Kier alpha value is -2.29. The van der Waals surface area contributed by atoms with Crippen LogP contribution in [-0.4, -0.2) is 14.2 Å². The van der Waals surface area contributed by atoms with Crippen LogP contribution in [-0.2, 0) is 6.54 Å². The molecular formula is C17H20NO2+. The molecule has 2 rings (SSSR count). The van der Waals surface area contributed by atoms with Crippen LogP contribution in [0.5, 0.6) is 11.5 Å². The quantitative estimate of drug-likeness (QED) is 0.779. The number of methoxy groups -OCH3 is 2. The van der Waals surface area contributed by atoms with Gasteiger partial charge in [-0.05, 0) is 30.2 Å². The maximum Gasteiger partial charge on any atom is 0.169 e. The molecule has 0 aliphatic heterocycles. The minimum atomic E-state index is 0.742. The molecule has 0 amide bonds. The number of pyridine rings is 1. The Bertz CT molecular complexity index is 588. The van der Waals surface area contributed by atoms with Crippen LogP contribution in [0.3, 0.4) is 0 Å². The van der Waals surface area contributed by atoms with Crippen molar-refractivity contribution in [3.8, 4) is 11.5 Å². The Labute approximate surface area is 120 Å². The van der Waals surface area contributed by atoms with E-state index in [4.69, 9.17) is 9.47 Å². The van der Waals surface area contributed by atoms with Crippen LogP contribution >= 0.6 is 0 Å². The van der Waals surface area contributed by atoms with Crippen LogP contribution in [0.15, 0.2) is 42.7 Å². The predicted octanol–water partition coefficient (Wildman–Crippen LogP) is 3.18. The first-order valence-electron chi connectivity index (χ1n) is 6.66. The smallest absolute Gasteiger partial charge is 0.169 e. The molecule has 0 radical (unpaired) electrons.